The number of piperazine rings is 1. The molecule has 0 unspecified atom stereocenters. The first-order chi connectivity index (χ1) is 8.12. The van der Waals surface area contributed by atoms with Crippen molar-refractivity contribution in [3.8, 4) is 6.07 Å². The molecule has 2 rings (SSSR count). The molecule has 92 valence electrons. The van der Waals surface area contributed by atoms with Crippen molar-refractivity contribution in [2.75, 3.05) is 32.7 Å². The van der Waals surface area contributed by atoms with Gasteiger partial charge in [0.25, 0.3) is 5.82 Å². The van der Waals surface area contributed by atoms with Crippen molar-refractivity contribution >= 4 is 0 Å². The largest absolute Gasteiger partial charge is 0.314 e. The molecule has 0 aliphatic carbocycles. The number of hydrogen-bond donors (Lipinski definition) is 1. The van der Waals surface area contributed by atoms with E-state index in [1.54, 1.807) is 11.0 Å². The zero-order valence-corrected chi connectivity index (χ0v) is 10.3. The smallest absolute Gasteiger partial charge is 0.252 e. The van der Waals surface area contributed by atoms with Crippen LogP contribution >= 0.6 is 0 Å². The van der Waals surface area contributed by atoms with Crippen molar-refractivity contribution in [3.63, 3.8) is 0 Å². The number of nitriles is 1. The van der Waals surface area contributed by atoms with E-state index in [9.17, 15) is 0 Å². The molecule has 0 spiro atoms. The topological polar surface area (TPSA) is 69.8 Å². The molecule has 0 saturated carbocycles. The van der Waals surface area contributed by atoms with Gasteiger partial charge in [0.1, 0.15) is 12.4 Å². The first-order valence-electron chi connectivity index (χ1n) is 5.87. The maximum Gasteiger partial charge on any atom is 0.252 e. The van der Waals surface area contributed by atoms with Gasteiger partial charge in [-0.15, -0.1) is 5.10 Å². The highest BCUT2D eigenvalue weighted by Crippen LogP contribution is 2.15. The van der Waals surface area contributed by atoms with E-state index < -0.39 is 0 Å². The van der Waals surface area contributed by atoms with Gasteiger partial charge in [-0.2, -0.15) is 5.26 Å². The standard InChI is InChI=1S/C11H18N6/c1-11(2,8-16-5-3-13-4-6-16)17-9-14-10(7-12)15-17/h9,13H,3-6,8H2,1-2H3. The summed E-state index contributed by atoms with van der Waals surface area (Å²) in [6.07, 6.45) is 1.64. The predicted molar refractivity (Wildman–Crippen MR) is 63.4 cm³/mol. The zero-order valence-electron chi connectivity index (χ0n) is 10.3. The second kappa shape index (κ2) is 4.82. The summed E-state index contributed by atoms with van der Waals surface area (Å²) in [7, 11) is 0. The van der Waals surface area contributed by atoms with Crippen molar-refractivity contribution in [2.45, 2.75) is 19.4 Å². The zero-order chi connectivity index (χ0) is 12.3. The van der Waals surface area contributed by atoms with Crippen LogP contribution in [0.3, 0.4) is 0 Å². The molecule has 0 atom stereocenters. The van der Waals surface area contributed by atoms with Gasteiger partial charge in [0, 0.05) is 32.7 Å². The minimum Gasteiger partial charge on any atom is -0.314 e. The third-order valence-electron chi connectivity index (χ3n) is 3.03. The number of rotatable bonds is 3. The Labute approximate surface area is 101 Å². The fraction of sp³-hybridized carbons (Fsp3) is 0.727. The second-order valence-corrected chi connectivity index (χ2v) is 4.96. The van der Waals surface area contributed by atoms with Gasteiger partial charge in [-0.25, -0.2) is 9.67 Å². The van der Waals surface area contributed by atoms with Crippen LogP contribution in [0.15, 0.2) is 6.33 Å². The number of aromatic nitrogens is 3. The lowest BCUT2D eigenvalue weighted by Crippen LogP contribution is -2.49. The van der Waals surface area contributed by atoms with E-state index >= 15 is 0 Å². The minimum atomic E-state index is -0.139. The first-order valence-corrected chi connectivity index (χ1v) is 5.87. The quantitative estimate of drug-likeness (QED) is 0.783. The van der Waals surface area contributed by atoms with Crippen molar-refractivity contribution in [2.24, 2.45) is 0 Å². The lowest BCUT2D eigenvalue weighted by molar-refractivity contribution is 0.154. The van der Waals surface area contributed by atoms with Crippen LogP contribution in [-0.4, -0.2) is 52.4 Å². The normalized spacial score (nSPS) is 17.9. The summed E-state index contributed by atoms with van der Waals surface area (Å²) < 4.78 is 1.79. The van der Waals surface area contributed by atoms with Gasteiger partial charge >= 0.3 is 0 Å². The molecule has 0 aromatic carbocycles. The summed E-state index contributed by atoms with van der Waals surface area (Å²) in [5.74, 6) is 0.235. The highest BCUT2D eigenvalue weighted by Gasteiger charge is 2.26. The minimum absolute atomic E-state index is 0.139. The third kappa shape index (κ3) is 2.81. The Hall–Kier alpha value is -1.45. The Morgan fingerprint density at radius 2 is 2.18 bits per heavy atom. The molecule has 1 aromatic heterocycles. The molecule has 1 N–H and O–H groups in total. The van der Waals surface area contributed by atoms with Crippen LogP contribution in [0.1, 0.15) is 19.7 Å². The highest BCUT2D eigenvalue weighted by atomic mass is 15.4. The maximum atomic E-state index is 8.73. The van der Waals surface area contributed by atoms with Crippen LogP contribution in [0, 0.1) is 11.3 Å². The van der Waals surface area contributed by atoms with E-state index in [4.69, 9.17) is 5.26 Å². The summed E-state index contributed by atoms with van der Waals surface area (Å²) in [5.41, 5.74) is -0.139. The first kappa shape index (κ1) is 12.0. The van der Waals surface area contributed by atoms with Crippen LogP contribution in [0.25, 0.3) is 0 Å². The van der Waals surface area contributed by atoms with Crippen molar-refractivity contribution < 1.29 is 0 Å². The fourth-order valence-corrected chi connectivity index (χ4v) is 2.09. The molecule has 6 heteroatoms. The predicted octanol–water partition coefficient (Wildman–Crippen LogP) is -0.210. The molecule has 2 heterocycles. The molecule has 1 aromatic rings. The second-order valence-electron chi connectivity index (χ2n) is 4.96. The summed E-state index contributed by atoms with van der Waals surface area (Å²) in [4.78, 5) is 6.36. The summed E-state index contributed by atoms with van der Waals surface area (Å²) in [5, 5.41) is 16.2. The monoisotopic (exact) mass is 234 g/mol. The number of hydrogen-bond acceptors (Lipinski definition) is 5. The van der Waals surface area contributed by atoms with Crippen molar-refractivity contribution in [1.82, 2.24) is 25.0 Å². The molecule has 0 amide bonds. The van der Waals surface area contributed by atoms with E-state index in [1.165, 1.54) is 0 Å². The van der Waals surface area contributed by atoms with Crippen LogP contribution in [0.4, 0.5) is 0 Å². The van der Waals surface area contributed by atoms with Gasteiger partial charge in [0.15, 0.2) is 0 Å². The van der Waals surface area contributed by atoms with Crippen LogP contribution in [0.5, 0.6) is 0 Å². The van der Waals surface area contributed by atoms with E-state index in [0.717, 1.165) is 32.7 Å². The molecule has 1 fully saturated rings. The Morgan fingerprint density at radius 3 is 2.76 bits per heavy atom. The lowest BCUT2D eigenvalue weighted by Gasteiger charge is -2.35. The van der Waals surface area contributed by atoms with Crippen LogP contribution in [-0.2, 0) is 5.54 Å². The SMILES string of the molecule is CC(C)(CN1CCNCC1)n1cnc(C#N)n1. The summed E-state index contributed by atoms with van der Waals surface area (Å²) in [6.45, 7) is 9.35. The van der Waals surface area contributed by atoms with E-state index in [2.05, 4.69) is 34.1 Å². The molecular formula is C11H18N6. The van der Waals surface area contributed by atoms with Gasteiger partial charge in [0.2, 0.25) is 0 Å². The van der Waals surface area contributed by atoms with Gasteiger partial charge in [0.05, 0.1) is 5.54 Å². The number of nitrogens with zero attached hydrogens (tertiary/aromatic N) is 5. The molecule has 17 heavy (non-hydrogen) atoms. The van der Waals surface area contributed by atoms with Crippen molar-refractivity contribution in [1.29, 1.82) is 5.26 Å². The van der Waals surface area contributed by atoms with Gasteiger partial charge < -0.3 is 5.32 Å². The maximum absolute atomic E-state index is 8.73. The Balaban J connectivity index is 2.04. The van der Waals surface area contributed by atoms with E-state index in [-0.39, 0.29) is 11.4 Å². The molecular weight excluding hydrogens is 216 g/mol. The number of nitrogens with one attached hydrogen (secondary N) is 1. The fourth-order valence-electron chi connectivity index (χ4n) is 2.09. The van der Waals surface area contributed by atoms with E-state index in [1.807, 2.05) is 6.07 Å². The van der Waals surface area contributed by atoms with Gasteiger partial charge in [-0.1, -0.05) is 0 Å². The molecule has 6 nitrogen and oxygen atoms in total. The Bertz CT molecular complexity index is 410. The lowest BCUT2D eigenvalue weighted by atomic mass is 10.1. The van der Waals surface area contributed by atoms with Crippen molar-refractivity contribution in [3.05, 3.63) is 12.2 Å². The highest BCUT2D eigenvalue weighted by molar-refractivity contribution is 5.06. The average Bonchev–Trinajstić information content (AvgIpc) is 2.79. The van der Waals surface area contributed by atoms with Gasteiger partial charge in [-0.05, 0) is 13.8 Å². The van der Waals surface area contributed by atoms with Gasteiger partial charge in [-0.3, -0.25) is 4.90 Å². The molecule has 0 radical (unpaired) electrons. The molecule has 0 bridgehead atoms. The third-order valence-corrected chi connectivity index (χ3v) is 3.03. The van der Waals surface area contributed by atoms with Crippen LogP contribution < -0.4 is 5.32 Å². The van der Waals surface area contributed by atoms with E-state index in [0.29, 0.717) is 0 Å². The summed E-state index contributed by atoms with van der Waals surface area (Å²) in [6, 6.07) is 1.96. The molecule has 1 saturated heterocycles. The molecule has 1 aliphatic heterocycles. The van der Waals surface area contributed by atoms with Crippen LogP contribution in [0.2, 0.25) is 0 Å². The Morgan fingerprint density at radius 1 is 1.47 bits per heavy atom. The Kier molecular flexibility index (Phi) is 3.41. The average molecular weight is 234 g/mol. The summed E-state index contributed by atoms with van der Waals surface area (Å²) >= 11 is 0. The molecule has 1 aliphatic rings.